The van der Waals surface area contributed by atoms with E-state index in [9.17, 15) is 14.9 Å². The van der Waals surface area contributed by atoms with Crippen LogP contribution in [0.4, 0.5) is 5.69 Å². The first-order chi connectivity index (χ1) is 14.5. The number of hydrogen-bond acceptors (Lipinski definition) is 5. The van der Waals surface area contributed by atoms with Gasteiger partial charge in [-0.2, -0.15) is 5.10 Å². The van der Waals surface area contributed by atoms with Crippen molar-refractivity contribution >= 4 is 11.6 Å². The Hall–Kier alpha value is -3.46. The van der Waals surface area contributed by atoms with Gasteiger partial charge in [0.15, 0.2) is 5.76 Å². The highest BCUT2D eigenvalue weighted by atomic mass is 16.6. The molecule has 9 nitrogen and oxygen atoms in total. The molecule has 1 amide bonds. The summed E-state index contributed by atoms with van der Waals surface area (Å²) in [4.78, 5) is 25.1. The Balaban J connectivity index is 1.63. The normalized spacial score (nSPS) is 14.2. The van der Waals surface area contributed by atoms with Crippen LogP contribution < -0.4 is 10.2 Å². The van der Waals surface area contributed by atoms with E-state index >= 15 is 0 Å². The number of nitro groups is 1. The Morgan fingerprint density at radius 2 is 2.07 bits per heavy atom. The summed E-state index contributed by atoms with van der Waals surface area (Å²) in [5.74, 6) is 0.990. The SMILES string of the molecule is Cc1ccc(-c2cc(C(=O)NCC[NH+]3CCCC3)n(-c3cccc([N+](=O)[O-])c3)n2)o1. The molecule has 156 valence electrons. The number of furan rings is 1. The van der Waals surface area contributed by atoms with Crippen LogP contribution in [0.1, 0.15) is 29.1 Å². The molecule has 9 heteroatoms. The fraction of sp³-hybridized carbons (Fsp3) is 0.333. The van der Waals surface area contributed by atoms with Gasteiger partial charge >= 0.3 is 0 Å². The average molecular weight is 410 g/mol. The molecule has 4 rings (SSSR count). The number of carbonyl (C=O) groups is 1. The van der Waals surface area contributed by atoms with Gasteiger partial charge in [0.25, 0.3) is 11.6 Å². The van der Waals surface area contributed by atoms with Gasteiger partial charge in [-0.25, -0.2) is 4.68 Å². The summed E-state index contributed by atoms with van der Waals surface area (Å²) >= 11 is 0. The third-order valence-electron chi connectivity index (χ3n) is 5.29. The Labute approximate surface area is 173 Å². The average Bonchev–Trinajstić information content (AvgIpc) is 3.48. The fourth-order valence-electron chi connectivity index (χ4n) is 3.74. The van der Waals surface area contributed by atoms with Gasteiger partial charge in [0.1, 0.15) is 17.1 Å². The van der Waals surface area contributed by atoms with E-state index in [-0.39, 0.29) is 11.6 Å². The van der Waals surface area contributed by atoms with Crippen molar-refractivity contribution in [2.24, 2.45) is 0 Å². The maximum atomic E-state index is 12.9. The lowest BCUT2D eigenvalue weighted by atomic mass is 10.2. The molecule has 0 atom stereocenters. The second-order valence-electron chi connectivity index (χ2n) is 7.48. The first kappa shape index (κ1) is 19.8. The first-order valence-electron chi connectivity index (χ1n) is 10.0. The number of nitro benzene ring substituents is 1. The highest BCUT2D eigenvalue weighted by Crippen LogP contribution is 2.25. The summed E-state index contributed by atoms with van der Waals surface area (Å²) < 4.78 is 7.07. The van der Waals surface area contributed by atoms with Gasteiger partial charge in [0.05, 0.1) is 36.8 Å². The number of amides is 1. The molecule has 1 aliphatic rings. The molecule has 1 aromatic carbocycles. The predicted molar refractivity (Wildman–Crippen MR) is 110 cm³/mol. The number of rotatable bonds is 7. The minimum atomic E-state index is -0.470. The molecule has 0 aliphatic carbocycles. The molecule has 30 heavy (non-hydrogen) atoms. The number of aromatic nitrogens is 2. The van der Waals surface area contributed by atoms with Crippen LogP contribution in [-0.2, 0) is 0 Å². The zero-order valence-corrected chi connectivity index (χ0v) is 16.8. The third kappa shape index (κ3) is 4.25. The molecule has 0 saturated carbocycles. The summed E-state index contributed by atoms with van der Waals surface area (Å²) in [7, 11) is 0. The number of likely N-dealkylation sites (tertiary alicyclic amines) is 1. The zero-order chi connectivity index (χ0) is 21.1. The summed E-state index contributed by atoms with van der Waals surface area (Å²) in [6.45, 7) is 5.55. The minimum Gasteiger partial charge on any atom is -0.460 e. The molecular weight excluding hydrogens is 386 g/mol. The standard InChI is InChI=1S/C21H23N5O4/c1-15-7-8-20(30-15)18-14-19(21(27)22-9-12-24-10-2-3-11-24)25(23-18)16-5-4-6-17(13-16)26(28)29/h4-8,13-14H,2-3,9-12H2,1H3,(H,22,27)/p+1. The third-order valence-corrected chi connectivity index (χ3v) is 5.29. The minimum absolute atomic E-state index is 0.0672. The monoisotopic (exact) mass is 410 g/mol. The number of nitrogens with one attached hydrogen (secondary N) is 2. The molecule has 2 aromatic heterocycles. The zero-order valence-electron chi connectivity index (χ0n) is 16.8. The number of nitrogens with zero attached hydrogens (tertiary/aromatic N) is 3. The maximum absolute atomic E-state index is 12.9. The Morgan fingerprint density at radius 3 is 2.77 bits per heavy atom. The van der Waals surface area contributed by atoms with Gasteiger partial charge in [-0.3, -0.25) is 14.9 Å². The highest BCUT2D eigenvalue weighted by molar-refractivity contribution is 5.94. The number of carbonyl (C=O) groups excluding carboxylic acids is 1. The lowest BCUT2D eigenvalue weighted by molar-refractivity contribution is -0.886. The quantitative estimate of drug-likeness (QED) is 0.456. The van der Waals surface area contributed by atoms with Crippen LogP contribution in [0.3, 0.4) is 0 Å². The van der Waals surface area contributed by atoms with E-state index in [0.29, 0.717) is 29.4 Å². The smallest absolute Gasteiger partial charge is 0.271 e. The van der Waals surface area contributed by atoms with Gasteiger partial charge in [-0.05, 0) is 25.1 Å². The maximum Gasteiger partial charge on any atom is 0.271 e. The van der Waals surface area contributed by atoms with Gasteiger partial charge in [-0.15, -0.1) is 0 Å². The number of aryl methyl sites for hydroxylation is 1. The molecule has 0 unspecified atom stereocenters. The lowest BCUT2D eigenvalue weighted by Gasteiger charge is -2.13. The lowest BCUT2D eigenvalue weighted by Crippen LogP contribution is -3.10. The molecule has 1 aliphatic heterocycles. The molecule has 1 fully saturated rings. The molecule has 3 aromatic rings. The van der Waals surface area contributed by atoms with Crippen LogP contribution in [0.5, 0.6) is 0 Å². The van der Waals surface area contributed by atoms with Crippen molar-refractivity contribution in [2.45, 2.75) is 19.8 Å². The second kappa shape index (κ2) is 8.50. The molecule has 0 bridgehead atoms. The molecule has 3 heterocycles. The Kier molecular flexibility index (Phi) is 5.62. The van der Waals surface area contributed by atoms with Crippen molar-refractivity contribution in [1.82, 2.24) is 15.1 Å². The molecule has 1 saturated heterocycles. The summed E-state index contributed by atoms with van der Waals surface area (Å²) in [5.41, 5.74) is 1.16. The van der Waals surface area contributed by atoms with Crippen LogP contribution in [0, 0.1) is 17.0 Å². The largest absolute Gasteiger partial charge is 0.460 e. The van der Waals surface area contributed by atoms with Gasteiger partial charge in [0.2, 0.25) is 0 Å². The van der Waals surface area contributed by atoms with Crippen LogP contribution in [-0.4, -0.2) is 46.8 Å². The van der Waals surface area contributed by atoms with Gasteiger partial charge in [0, 0.05) is 31.0 Å². The molecule has 0 radical (unpaired) electrons. The number of benzene rings is 1. The van der Waals surface area contributed by atoms with E-state index < -0.39 is 4.92 Å². The van der Waals surface area contributed by atoms with Crippen molar-refractivity contribution < 1.29 is 19.0 Å². The van der Waals surface area contributed by atoms with E-state index in [4.69, 9.17) is 4.42 Å². The van der Waals surface area contributed by atoms with Crippen LogP contribution in [0.15, 0.2) is 46.9 Å². The number of hydrogen-bond donors (Lipinski definition) is 2. The highest BCUT2D eigenvalue weighted by Gasteiger charge is 2.21. The summed E-state index contributed by atoms with van der Waals surface area (Å²) in [6, 6.07) is 11.3. The van der Waals surface area contributed by atoms with Crippen molar-refractivity contribution in [2.75, 3.05) is 26.2 Å². The first-order valence-corrected chi connectivity index (χ1v) is 10.0. The fourth-order valence-corrected chi connectivity index (χ4v) is 3.74. The molecular formula is C21H24N5O4+. The van der Waals surface area contributed by atoms with Crippen molar-refractivity contribution in [3.8, 4) is 17.1 Å². The van der Waals surface area contributed by atoms with E-state index in [1.165, 1.54) is 34.6 Å². The Morgan fingerprint density at radius 1 is 1.27 bits per heavy atom. The number of non-ortho nitro benzene ring substituents is 1. The van der Waals surface area contributed by atoms with E-state index in [1.54, 1.807) is 24.3 Å². The van der Waals surface area contributed by atoms with Crippen LogP contribution >= 0.6 is 0 Å². The van der Waals surface area contributed by atoms with Crippen molar-refractivity contribution in [3.05, 3.63) is 64.0 Å². The van der Waals surface area contributed by atoms with Crippen molar-refractivity contribution in [3.63, 3.8) is 0 Å². The van der Waals surface area contributed by atoms with E-state index in [1.807, 2.05) is 13.0 Å². The summed E-state index contributed by atoms with van der Waals surface area (Å²) in [6.07, 6.45) is 2.46. The second-order valence-corrected chi connectivity index (χ2v) is 7.48. The van der Waals surface area contributed by atoms with Crippen molar-refractivity contribution in [1.29, 1.82) is 0 Å². The van der Waals surface area contributed by atoms with Crippen LogP contribution in [0.25, 0.3) is 17.1 Å². The van der Waals surface area contributed by atoms with Gasteiger partial charge in [-0.1, -0.05) is 6.07 Å². The van der Waals surface area contributed by atoms with Crippen LogP contribution in [0.2, 0.25) is 0 Å². The predicted octanol–water partition coefficient (Wildman–Crippen LogP) is 1.76. The molecule has 0 spiro atoms. The van der Waals surface area contributed by atoms with Gasteiger partial charge < -0.3 is 14.6 Å². The Bertz CT molecular complexity index is 1070. The van der Waals surface area contributed by atoms with E-state index in [2.05, 4.69) is 10.4 Å². The van der Waals surface area contributed by atoms with E-state index in [0.717, 1.165) is 25.4 Å². The summed E-state index contributed by atoms with van der Waals surface area (Å²) in [5, 5.41) is 18.6. The number of quaternary nitrogens is 1. The molecule has 2 N–H and O–H groups in total. The topological polar surface area (TPSA) is 108 Å².